The fourth-order valence-corrected chi connectivity index (χ4v) is 1.79. The fourth-order valence-electron chi connectivity index (χ4n) is 0.991. The van der Waals surface area contributed by atoms with Crippen LogP contribution in [0.3, 0.4) is 0 Å². The topological polar surface area (TPSA) is 9.23 Å². The lowest BCUT2D eigenvalue weighted by Gasteiger charge is -2.21. The Kier molecular flexibility index (Phi) is 3.40. The Morgan fingerprint density at radius 2 is 1.92 bits per heavy atom. The number of hydrogen-bond donors (Lipinski definition) is 0. The molecule has 0 aromatic heterocycles. The van der Waals surface area contributed by atoms with Crippen LogP contribution in [0.15, 0.2) is 18.2 Å². The molecule has 1 aromatic rings. The van der Waals surface area contributed by atoms with Gasteiger partial charge in [0, 0.05) is 13.8 Å². The van der Waals surface area contributed by atoms with E-state index >= 15 is 0 Å². The molecule has 0 unspecified atom stereocenters. The monoisotopic (exact) mass is 306 g/mol. The predicted octanol–water partition coefficient (Wildman–Crippen LogP) is 1.46. The zero-order chi connectivity index (χ0) is 10.1. The fraction of sp³-hybridized carbons (Fsp3) is 0.400. The maximum Gasteiger partial charge on any atom is 0.121 e. The standard InChI is InChI=1S/C10H15IOSi/c1-10(2,3)12-7-4-5-9(13)8(11)6-7/h4-6H,1-3,13H3. The van der Waals surface area contributed by atoms with Crippen molar-refractivity contribution in [3.8, 4) is 5.75 Å². The molecule has 0 amide bonds. The molecule has 1 rings (SSSR count). The zero-order valence-electron chi connectivity index (χ0n) is 8.52. The summed E-state index contributed by atoms with van der Waals surface area (Å²) < 4.78 is 7.06. The minimum absolute atomic E-state index is 0.101. The Hall–Kier alpha value is -0.0331. The third-order valence-corrected chi connectivity index (χ3v) is 4.62. The van der Waals surface area contributed by atoms with E-state index < -0.39 is 0 Å². The number of hydrogen-bond acceptors (Lipinski definition) is 1. The lowest BCUT2D eigenvalue weighted by molar-refractivity contribution is 0.131. The molecule has 0 radical (unpaired) electrons. The molecule has 0 spiro atoms. The van der Waals surface area contributed by atoms with Crippen molar-refractivity contribution < 1.29 is 4.74 Å². The molecule has 0 N–H and O–H groups in total. The Balaban J connectivity index is 2.86. The second-order valence-electron chi connectivity index (χ2n) is 4.13. The van der Waals surface area contributed by atoms with Crippen LogP contribution in [0, 0.1) is 3.57 Å². The minimum Gasteiger partial charge on any atom is -0.488 e. The molecule has 0 saturated heterocycles. The molecular formula is C10H15IOSi. The van der Waals surface area contributed by atoms with Gasteiger partial charge in [0.2, 0.25) is 0 Å². The molecule has 1 nitrogen and oxygen atoms in total. The van der Waals surface area contributed by atoms with Crippen molar-refractivity contribution in [3.05, 3.63) is 21.8 Å². The van der Waals surface area contributed by atoms with Crippen molar-refractivity contribution in [3.63, 3.8) is 0 Å². The highest BCUT2D eigenvalue weighted by Gasteiger charge is 2.11. The molecule has 72 valence electrons. The van der Waals surface area contributed by atoms with Crippen LogP contribution in [0.5, 0.6) is 5.75 Å². The molecule has 0 heterocycles. The first-order chi connectivity index (χ1) is 5.88. The summed E-state index contributed by atoms with van der Waals surface area (Å²) in [6, 6.07) is 6.30. The highest BCUT2D eigenvalue weighted by atomic mass is 127. The third-order valence-electron chi connectivity index (χ3n) is 1.57. The molecule has 0 saturated carbocycles. The van der Waals surface area contributed by atoms with Gasteiger partial charge in [0.1, 0.15) is 11.4 Å². The van der Waals surface area contributed by atoms with Gasteiger partial charge in [-0.05, 0) is 55.5 Å². The van der Waals surface area contributed by atoms with Crippen molar-refractivity contribution in [2.75, 3.05) is 0 Å². The zero-order valence-corrected chi connectivity index (χ0v) is 12.7. The Morgan fingerprint density at radius 3 is 2.38 bits per heavy atom. The van der Waals surface area contributed by atoms with Gasteiger partial charge < -0.3 is 4.74 Å². The molecule has 13 heavy (non-hydrogen) atoms. The van der Waals surface area contributed by atoms with Crippen LogP contribution in [0.2, 0.25) is 0 Å². The van der Waals surface area contributed by atoms with E-state index in [1.54, 1.807) is 0 Å². The number of benzene rings is 1. The first kappa shape index (κ1) is 11.0. The van der Waals surface area contributed by atoms with Crippen molar-refractivity contribution >= 4 is 38.0 Å². The van der Waals surface area contributed by atoms with Gasteiger partial charge in [-0.25, -0.2) is 0 Å². The Bertz CT molecular complexity index is 304. The van der Waals surface area contributed by atoms with Crippen LogP contribution in [0.25, 0.3) is 0 Å². The highest BCUT2D eigenvalue weighted by Crippen LogP contribution is 2.18. The van der Waals surface area contributed by atoms with Gasteiger partial charge >= 0.3 is 0 Å². The summed E-state index contributed by atoms with van der Waals surface area (Å²) in [6.45, 7) is 6.19. The Labute approximate surface area is 96.4 Å². The molecule has 0 atom stereocenters. The number of halogens is 1. The molecule has 0 bridgehead atoms. The van der Waals surface area contributed by atoms with Gasteiger partial charge in [0.15, 0.2) is 0 Å². The van der Waals surface area contributed by atoms with Crippen LogP contribution >= 0.6 is 22.6 Å². The molecule has 1 aromatic carbocycles. The van der Waals surface area contributed by atoms with Gasteiger partial charge in [0.05, 0.1) is 0 Å². The number of rotatable bonds is 1. The molecule has 3 heteroatoms. The van der Waals surface area contributed by atoms with Crippen LogP contribution in [0.1, 0.15) is 20.8 Å². The molecule has 0 aliphatic carbocycles. The summed E-state index contributed by atoms with van der Waals surface area (Å²) in [5.41, 5.74) is -0.101. The van der Waals surface area contributed by atoms with Gasteiger partial charge in [-0.2, -0.15) is 0 Å². The average molecular weight is 306 g/mol. The van der Waals surface area contributed by atoms with Crippen LogP contribution < -0.4 is 9.92 Å². The maximum atomic E-state index is 5.75. The summed E-state index contributed by atoms with van der Waals surface area (Å²) in [4.78, 5) is 0. The lowest BCUT2D eigenvalue weighted by Crippen LogP contribution is -2.23. The van der Waals surface area contributed by atoms with Crippen molar-refractivity contribution in [2.45, 2.75) is 26.4 Å². The predicted molar refractivity (Wildman–Crippen MR) is 69.1 cm³/mol. The van der Waals surface area contributed by atoms with E-state index in [1.807, 2.05) is 0 Å². The van der Waals surface area contributed by atoms with Crippen molar-refractivity contribution in [2.24, 2.45) is 0 Å². The summed E-state index contributed by atoms with van der Waals surface area (Å²) in [5.74, 6) is 0.969. The first-order valence-corrected chi connectivity index (χ1v) is 6.41. The minimum atomic E-state index is -0.101. The van der Waals surface area contributed by atoms with E-state index in [4.69, 9.17) is 4.74 Å². The van der Waals surface area contributed by atoms with E-state index in [0.717, 1.165) is 16.0 Å². The summed E-state index contributed by atoms with van der Waals surface area (Å²) in [6.07, 6.45) is 0. The quantitative estimate of drug-likeness (QED) is 0.564. The summed E-state index contributed by atoms with van der Waals surface area (Å²) in [5, 5.41) is 1.43. The molecule has 0 aliphatic rings. The van der Waals surface area contributed by atoms with Crippen LogP contribution in [0.4, 0.5) is 0 Å². The van der Waals surface area contributed by atoms with Gasteiger partial charge in [-0.3, -0.25) is 0 Å². The molecule has 0 fully saturated rings. The smallest absolute Gasteiger partial charge is 0.121 e. The Morgan fingerprint density at radius 1 is 1.31 bits per heavy atom. The van der Waals surface area contributed by atoms with E-state index in [-0.39, 0.29) is 5.60 Å². The average Bonchev–Trinajstić information content (AvgIpc) is 1.94. The van der Waals surface area contributed by atoms with Gasteiger partial charge in [-0.15, -0.1) is 0 Å². The van der Waals surface area contributed by atoms with Crippen molar-refractivity contribution in [1.82, 2.24) is 0 Å². The number of ether oxygens (including phenoxy) is 1. The first-order valence-electron chi connectivity index (χ1n) is 4.34. The second-order valence-corrected chi connectivity index (χ2v) is 6.36. The third kappa shape index (κ3) is 3.68. The van der Waals surface area contributed by atoms with Crippen molar-refractivity contribution in [1.29, 1.82) is 0 Å². The molecular weight excluding hydrogens is 291 g/mol. The normalized spacial score (nSPS) is 11.7. The van der Waals surface area contributed by atoms with E-state index in [1.165, 1.54) is 8.76 Å². The van der Waals surface area contributed by atoms with Crippen LogP contribution in [-0.4, -0.2) is 15.8 Å². The highest BCUT2D eigenvalue weighted by molar-refractivity contribution is 14.1. The lowest BCUT2D eigenvalue weighted by atomic mass is 10.2. The maximum absolute atomic E-state index is 5.75. The molecule has 0 aliphatic heterocycles. The van der Waals surface area contributed by atoms with Gasteiger partial charge in [-0.1, -0.05) is 11.3 Å². The van der Waals surface area contributed by atoms with E-state index in [9.17, 15) is 0 Å². The van der Waals surface area contributed by atoms with Gasteiger partial charge in [0.25, 0.3) is 0 Å². The largest absolute Gasteiger partial charge is 0.488 e. The van der Waals surface area contributed by atoms with E-state index in [2.05, 4.69) is 61.6 Å². The van der Waals surface area contributed by atoms with E-state index in [0.29, 0.717) is 0 Å². The SMILES string of the molecule is CC(C)(C)Oc1ccc([SiH3])c(I)c1. The van der Waals surface area contributed by atoms with Crippen LogP contribution in [-0.2, 0) is 0 Å². The summed E-state index contributed by atoms with van der Waals surface area (Å²) in [7, 11) is 1.10. The second kappa shape index (κ2) is 4.00. The summed E-state index contributed by atoms with van der Waals surface area (Å²) >= 11 is 2.36.